The summed E-state index contributed by atoms with van der Waals surface area (Å²) >= 11 is 0. The van der Waals surface area contributed by atoms with Gasteiger partial charge in [-0.3, -0.25) is 4.79 Å². The molecular formula is C14H25NO2. The monoisotopic (exact) mass is 239 g/mol. The first kappa shape index (κ1) is 12.9. The number of aliphatic hydroxyl groups is 1. The van der Waals surface area contributed by atoms with Crippen molar-refractivity contribution in [3.05, 3.63) is 0 Å². The van der Waals surface area contributed by atoms with E-state index < -0.39 is 0 Å². The maximum absolute atomic E-state index is 12.2. The standard InChI is InChI=1S/C14H25NO2/c1-13(2)11(14(13,3)4)12(17)15-9-5-7-10(16)8-6-9/h9-11,16H,5-8H2,1-4H3,(H,15,17). The molecule has 2 N–H and O–H groups in total. The Morgan fingerprint density at radius 2 is 1.53 bits per heavy atom. The Morgan fingerprint density at radius 3 is 1.94 bits per heavy atom. The minimum absolute atomic E-state index is 0.116. The summed E-state index contributed by atoms with van der Waals surface area (Å²) in [5.41, 5.74) is 0.233. The highest BCUT2D eigenvalue weighted by atomic mass is 16.3. The zero-order chi connectivity index (χ0) is 12.8. The lowest BCUT2D eigenvalue weighted by atomic mass is 9.93. The molecule has 17 heavy (non-hydrogen) atoms. The van der Waals surface area contributed by atoms with Crippen molar-refractivity contribution in [3.8, 4) is 0 Å². The van der Waals surface area contributed by atoms with Gasteiger partial charge in [-0.25, -0.2) is 0 Å². The van der Waals surface area contributed by atoms with Crippen molar-refractivity contribution in [2.75, 3.05) is 0 Å². The molecule has 0 atom stereocenters. The Bertz CT molecular complexity index is 300. The van der Waals surface area contributed by atoms with E-state index in [9.17, 15) is 9.90 Å². The fourth-order valence-electron chi connectivity index (χ4n) is 3.36. The molecule has 2 aliphatic carbocycles. The van der Waals surface area contributed by atoms with Gasteiger partial charge in [0.15, 0.2) is 0 Å². The van der Waals surface area contributed by atoms with Gasteiger partial charge in [0.2, 0.25) is 5.91 Å². The van der Waals surface area contributed by atoms with E-state index in [4.69, 9.17) is 0 Å². The van der Waals surface area contributed by atoms with Crippen molar-refractivity contribution in [2.24, 2.45) is 16.7 Å². The van der Waals surface area contributed by atoms with E-state index in [-0.39, 0.29) is 34.8 Å². The summed E-state index contributed by atoms with van der Waals surface area (Å²) < 4.78 is 0. The van der Waals surface area contributed by atoms with E-state index in [1.54, 1.807) is 0 Å². The highest BCUT2D eigenvalue weighted by Gasteiger charge is 2.68. The number of hydrogen-bond acceptors (Lipinski definition) is 2. The highest BCUT2D eigenvalue weighted by molar-refractivity contribution is 5.84. The lowest BCUT2D eigenvalue weighted by Crippen LogP contribution is -2.40. The van der Waals surface area contributed by atoms with Crippen LogP contribution in [0.4, 0.5) is 0 Å². The van der Waals surface area contributed by atoms with Gasteiger partial charge in [-0.05, 0) is 36.5 Å². The SMILES string of the molecule is CC1(C)C(C(=O)NC2CCC(O)CC2)C1(C)C. The molecule has 0 spiro atoms. The summed E-state index contributed by atoms with van der Waals surface area (Å²) in [6.07, 6.45) is 3.32. The van der Waals surface area contributed by atoms with Crippen LogP contribution in [0.5, 0.6) is 0 Å². The topological polar surface area (TPSA) is 49.3 Å². The molecule has 0 aliphatic heterocycles. The Hall–Kier alpha value is -0.570. The van der Waals surface area contributed by atoms with Crippen LogP contribution in [0.15, 0.2) is 0 Å². The Labute approximate surface area is 104 Å². The molecule has 2 saturated carbocycles. The van der Waals surface area contributed by atoms with Crippen LogP contribution in [-0.2, 0) is 4.79 Å². The molecule has 3 heteroatoms. The summed E-state index contributed by atoms with van der Waals surface area (Å²) in [7, 11) is 0. The van der Waals surface area contributed by atoms with Crippen molar-refractivity contribution in [1.29, 1.82) is 0 Å². The van der Waals surface area contributed by atoms with Crippen molar-refractivity contribution < 1.29 is 9.90 Å². The predicted molar refractivity (Wildman–Crippen MR) is 67.5 cm³/mol. The number of carbonyl (C=O) groups excluding carboxylic acids is 1. The molecule has 2 aliphatic rings. The first-order chi connectivity index (χ1) is 7.76. The second-order valence-corrected chi connectivity index (χ2v) is 6.89. The van der Waals surface area contributed by atoms with E-state index in [2.05, 4.69) is 33.0 Å². The maximum Gasteiger partial charge on any atom is 0.224 e. The number of rotatable bonds is 2. The van der Waals surface area contributed by atoms with Crippen LogP contribution in [-0.4, -0.2) is 23.2 Å². The van der Waals surface area contributed by atoms with Crippen LogP contribution in [0.1, 0.15) is 53.4 Å². The van der Waals surface area contributed by atoms with Crippen LogP contribution < -0.4 is 5.32 Å². The van der Waals surface area contributed by atoms with E-state index >= 15 is 0 Å². The van der Waals surface area contributed by atoms with Crippen LogP contribution in [0.2, 0.25) is 0 Å². The first-order valence-corrected chi connectivity index (χ1v) is 6.75. The highest BCUT2D eigenvalue weighted by Crippen LogP contribution is 2.68. The van der Waals surface area contributed by atoms with Gasteiger partial charge in [0.1, 0.15) is 0 Å². The third-order valence-electron chi connectivity index (χ3n) is 5.33. The van der Waals surface area contributed by atoms with E-state index in [1.165, 1.54) is 0 Å². The molecule has 2 rings (SSSR count). The zero-order valence-electron chi connectivity index (χ0n) is 11.4. The summed E-state index contributed by atoms with van der Waals surface area (Å²) in [5.74, 6) is 0.350. The van der Waals surface area contributed by atoms with Gasteiger partial charge < -0.3 is 10.4 Å². The largest absolute Gasteiger partial charge is 0.393 e. The van der Waals surface area contributed by atoms with E-state index in [1.807, 2.05) is 0 Å². The molecule has 0 heterocycles. The lowest BCUT2D eigenvalue weighted by molar-refractivity contribution is -0.124. The third-order valence-corrected chi connectivity index (χ3v) is 5.33. The van der Waals surface area contributed by atoms with Crippen LogP contribution in [0, 0.1) is 16.7 Å². The zero-order valence-corrected chi connectivity index (χ0v) is 11.4. The van der Waals surface area contributed by atoms with Crippen molar-refractivity contribution in [2.45, 2.75) is 65.5 Å². The van der Waals surface area contributed by atoms with Gasteiger partial charge in [0, 0.05) is 12.0 Å². The normalized spacial score (nSPS) is 35.4. The molecule has 0 aromatic heterocycles. The average molecular weight is 239 g/mol. The predicted octanol–water partition coefficient (Wildman–Crippen LogP) is 2.09. The molecule has 0 aromatic rings. The smallest absolute Gasteiger partial charge is 0.224 e. The Balaban J connectivity index is 1.87. The molecule has 0 bridgehead atoms. The Morgan fingerprint density at radius 1 is 1.06 bits per heavy atom. The molecule has 1 amide bonds. The molecule has 0 saturated heterocycles. The van der Waals surface area contributed by atoms with Gasteiger partial charge in [0.25, 0.3) is 0 Å². The number of hydrogen-bond donors (Lipinski definition) is 2. The molecule has 98 valence electrons. The minimum Gasteiger partial charge on any atom is -0.393 e. The van der Waals surface area contributed by atoms with Crippen molar-refractivity contribution in [3.63, 3.8) is 0 Å². The molecule has 3 nitrogen and oxygen atoms in total. The summed E-state index contributed by atoms with van der Waals surface area (Å²) in [6, 6.07) is 0.276. The molecule has 0 unspecified atom stereocenters. The number of carbonyl (C=O) groups is 1. The van der Waals surface area contributed by atoms with E-state index in [0.29, 0.717) is 0 Å². The number of nitrogens with one attached hydrogen (secondary N) is 1. The second kappa shape index (κ2) is 3.98. The average Bonchev–Trinajstić information content (AvgIpc) is 2.61. The van der Waals surface area contributed by atoms with Crippen LogP contribution in [0.3, 0.4) is 0 Å². The van der Waals surface area contributed by atoms with Gasteiger partial charge in [-0.15, -0.1) is 0 Å². The van der Waals surface area contributed by atoms with Gasteiger partial charge in [0.05, 0.1) is 6.10 Å². The summed E-state index contributed by atoms with van der Waals surface area (Å²) in [5, 5.41) is 12.6. The fraction of sp³-hybridized carbons (Fsp3) is 0.929. The number of amides is 1. The maximum atomic E-state index is 12.2. The third kappa shape index (κ3) is 2.10. The second-order valence-electron chi connectivity index (χ2n) is 6.89. The van der Waals surface area contributed by atoms with Gasteiger partial charge >= 0.3 is 0 Å². The summed E-state index contributed by atoms with van der Waals surface area (Å²) in [4.78, 5) is 12.2. The number of aliphatic hydroxyl groups excluding tert-OH is 1. The molecule has 0 aromatic carbocycles. The fourth-order valence-corrected chi connectivity index (χ4v) is 3.36. The Kier molecular flexibility index (Phi) is 3.01. The lowest BCUT2D eigenvalue weighted by Gasteiger charge is -2.26. The molecule has 0 radical (unpaired) electrons. The van der Waals surface area contributed by atoms with Crippen molar-refractivity contribution in [1.82, 2.24) is 5.32 Å². The van der Waals surface area contributed by atoms with Crippen LogP contribution in [0.25, 0.3) is 0 Å². The molecule has 2 fully saturated rings. The summed E-state index contributed by atoms with van der Waals surface area (Å²) in [6.45, 7) is 8.67. The van der Waals surface area contributed by atoms with Crippen molar-refractivity contribution >= 4 is 5.91 Å². The first-order valence-electron chi connectivity index (χ1n) is 6.75. The van der Waals surface area contributed by atoms with Gasteiger partial charge in [-0.1, -0.05) is 27.7 Å². The minimum atomic E-state index is -0.156. The quantitative estimate of drug-likeness (QED) is 0.775. The molecular weight excluding hydrogens is 214 g/mol. The van der Waals surface area contributed by atoms with Gasteiger partial charge in [-0.2, -0.15) is 0 Å². The van der Waals surface area contributed by atoms with Crippen LogP contribution >= 0.6 is 0 Å². The van der Waals surface area contributed by atoms with E-state index in [0.717, 1.165) is 25.7 Å².